The van der Waals surface area contributed by atoms with Crippen LogP contribution in [0.5, 0.6) is 0 Å². The minimum absolute atomic E-state index is 0.323. The van der Waals surface area contributed by atoms with E-state index in [1.807, 2.05) is 0 Å². The van der Waals surface area contributed by atoms with Gasteiger partial charge in [0.2, 0.25) is 11.4 Å². The van der Waals surface area contributed by atoms with E-state index in [4.69, 9.17) is 0 Å². The molecule has 0 saturated carbocycles. The van der Waals surface area contributed by atoms with Gasteiger partial charge in [-0.25, -0.2) is 0 Å². The van der Waals surface area contributed by atoms with Crippen molar-refractivity contribution in [2.45, 2.75) is 10.9 Å². The predicted molar refractivity (Wildman–Crippen MR) is 202 cm³/mol. The highest BCUT2D eigenvalue weighted by Gasteiger charge is 2.64. The van der Waals surface area contributed by atoms with E-state index in [0.717, 1.165) is 16.8 Å². The second-order valence-electron chi connectivity index (χ2n) is 12.1. The van der Waals surface area contributed by atoms with Crippen molar-refractivity contribution in [1.82, 2.24) is 13.8 Å². The van der Waals surface area contributed by atoms with E-state index in [-0.39, 0.29) is 0 Å². The topological polar surface area (TPSA) is 9.86 Å². The SMILES string of the molecule is BrCc1ccc(-c2ccccc2C2=CC=C(n3cccc3)[N+]2(n2cccc2)C(c2ccccc2)(c2ccccc2)c2ccccc2)cc1. The fourth-order valence-electron chi connectivity index (χ4n) is 7.62. The molecule has 0 radical (unpaired) electrons. The average molecular weight is 686 g/mol. The number of halogens is 1. The van der Waals surface area contributed by atoms with Gasteiger partial charge in [-0.15, -0.1) is 4.59 Å². The first-order chi connectivity index (χ1) is 23.8. The Hall–Kier alpha value is -5.42. The summed E-state index contributed by atoms with van der Waals surface area (Å²) >= 11 is 3.63. The Morgan fingerprint density at radius 2 is 0.958 bits per heavy atom. The standard InChI is InChI=1S/C44H35BrN3/c45-34-35-24-26-36(27-25-35)40-22-10-11-23-41(40)42-28-29-43(46-30-12-13-31-46)48(42,47-32-14-15-33-47)44(37-16-4-1-5-17-37,38-18-6-2-7-19-38)39-20-8-3-9-21-39/h1-33H,34H2/q+1. The number of hydrogen-bond acceptors (Lipinski definition) is 0. The molecule has 0 amide bonds. The number of quaternary nitrogens is 1. The predicted octanol–water partition coefficient (Wildman–Crippen LogP) is 10.8. The van der Waals surface area contributed by atoms with Gasteiger partial charge in [0.05, 0.1) is 12.4 Å². The molecule has 1 atom stereocenters. The molecule has 1 aliphatic heterocycles. The van der Waals surface area contributed by atoms with Gasteiger partial charge in [-0.3, -0.25) is 4.57 Å². The number of benzene rings is 5. The number of nitrogens with zero attached hydrogens (tertiary/aromatic N) is 3. The van der Waals surface area contributed by atoms with Gasteiger partial charge in [-0.1, -0.05) is 149 Å². The van der Waals surface area contributed by atoms with Crippen LogP contribution in [0.3, 0.4) is 0 Å². The third kappa shape index (κ3) is 4.60. The van der Waals surface area contributed by atoms with Crippen LogP contribution in [0, 0.1) is 0 Å². The lowest BCUT2D eigenvalue weighted by atomic mass is 9.74. The molecule has 7 aromatic rings. The summed E-state index contributed by atoms with van der Waals surface area (Å²) in [6.45, 7) is 0. The van der Waals surface area contributed by atoms with Crippen molar-refractivity contribution in [1.29, 1.82) is 0 Å². The second kappa shape index (κ2) is 12.6. The van der Waals surface area contributed by atoms with E-state index < -0.39 is 5.54 Å². The fraction of sp³-hybridized carbons (Fsp3) is 0.0455. The van der Waals surface area contributed by atoms with Crippen LogP contribution in [-0.2, 0) is 10.9 Å². The van der Waals surface area contributed by atoms with Gasteiger partial charge in [0, 0.05) is 52.1 Å². The summed E-state index contributed by atoms with van der Waals surface area (Å²) < 4.78 is 4.99. The van der Waals surface area contributed by atoms with Crippen molar-refractivity contribution >= 4 is 27.4 Å². The van der Waals surface area contributed by atoms with Gasteiger partial charge >= 0.3 is 0 Å². The van der Waals surface area contributed by atoms with E-state index in [1.54, 1.807) is 0 Å². The number of alkyl halides is 1. The summed E-state index contributed by atoms with van der Waals surface area (Å²) in [6.07, 6.45) is 13.4. The van der Waals surface area contributed by atoms with E-state index in [0.29, 0.717) is 4.59 Å². The largest absolute Gasteiger partial charge is 0.278 e. The van der Waals surface area contributed by atoms with Gasteiger partial charge in [0.1, 0.15) is 0 Å². The normalized spacial score (nSPS) is 16.0. The Morgan fingerprint density at radius 1 is 0.479 bits per heavy atom. The molecule has 0 spiro atoms. The molecule has 0 N–H and O–H groups in total. The van der Waals surface area contributed by atoms with E-state index in [9.17, 15) is 0 Å². The molecular formula is C44H35BrN3+. The van der Waals surface area contributed by atoms with Crippen LogP contribution in [-0.4, -0.2) is 9.24 Å². The highest BCUT2D eigenvalue weighted by Crippen LogP contribution is 2.56. The Balaban J connectivity index is 1.56. The number of allylic oxidation sites excluding steroid dienone is 2. The number of rotatable bonds is 9. The number of aromatic nitrogens is 2. The molecule has 3 heterocycles. The Kier molecular flexibility index (Phi) is 7.89. The van der Waals surface area contributed by atoms with E-state index in [1.165, 1.54) is 38.9 Å². The minimum Gasteiger partial charge on any atom is -0.278 e. The van der Waals surface area contributed by atoms with Gasteiger partial charge in [-0.2, -0.15) is 4.68 Å². The lowest BCUT2D eigenvalue weighted by Gasteiger charge is -2.52. The van der Waals surface area contributed by atoms with Crippen LogP contribution in [0.2, 0.25) is 0 Å². The van der Waals surface area contributed by atoms with E-state index >= 15 is 0 Å². The summed E-state index contributed by atoms with van der Waals surface area (Å²) in [5, 5.41) is 0.825. The summed E-state index contributed by atoms with van der Waals surface area (Å²) in [5.41, 5.74) is 8.71. The third-order valence-corrected chi connectivity index (χ3v) is 10.2. The zero-order valence-corrected chi connectivity index (χ0v) is 28.1. The van der Waals surface area contributed by atoms with Crippen LogP contribution in [0.15, 0.2) is 201 Å². The number of hydrogen-bond donors (Lipinski definition) is 0. The molecule has 1 aliphatic rings. The fourth-order valence-corrected chi connectivity index (χ4v) is 7.99. The molecular weight excluding hydrogens is 650 g/mol. The van der Waals surface area contributed by atoms with Crippen molar-refractivity contribution < 1.29 is 0 Å². The van der Waals surface area contributed by atoms with Crippen molar-refractivity contribution in [2.24, 2.45) is 0 Å². The maximum atomic E-state index is 3.63. The van der Waals surface area contributed by atoms with Crippen molar-refractivity contribution in [3.05, 3.63) is 229 Å². The molecule has 0 bridgehead atoms. The van der Waals surface area contributed by atoms with Crippen molar-refractivity contribution in [3.8, 4) is 11.1 Å². The first-order valence-corrected chi connectivity index (χ1v) is 17.4. The molecule has 8 rings (SSSR count). The molecule has 5 aromatic carbocycles. The van der Waals surface area contributed by atoms with Crippen LogP contribution in [0.4, 0.5) is 0 Å². The molecule has 4 heteroatoms. The maximum absolute atomic E-state index is 3.63. The van der Waals surface area contributed by atoms with Crippen molar-refractivity contribution in [2.75, 3.05) is 0 Å². The molecule has 0 fully saturated rings. The lowest BCUT2D eigenvalue weighted by molar-refractivity contribution is 0.186. The molecule has 0 aliphatic carbocycles. The summed E-state index contributed by atoms with van der Waals surface area (Å²) in [5.74, 6) is 1.10. The van der Waals surface area contributed by atoms with Gasteiger partial charge < -0.3 is 0 Å². The molecule has 2 aromatic heterocycles. The van der Waals surface area contributed by atoms with Gasteiger partial charge in [-0.05, 0) is 47.0 Å². The lowest BCUT2D eigenvalue weighted by Crippen LogP contribution is -2.67. The van der Waals surface area contributed by atoms with Gasteiger partial charge in [0.15, 0.2) is 5.70 Å². The molecule has 3 nitrogen and oxygen atoms in total. The molecule has 1 unspecified atom stereocenters. The van der Waals surface area contributed by atoms with Crippen molar-refractivity contribution in [3.63, 3.8) is 0 Å². The first-order valence-electron chi connectivity index (χ1n) is 16.3. The molecule has 232 valence electrons. The highest BCUT2D eigenvalue weighted by molar-refractivity contribution is 9.08. The average Bonchev–Trinajstić information content (AvgIpc) is 3.96. The second-order valence-corrected chi connectivity index (χ2v) is 12.6. The maximum Gasteiger partial charge on any atom is 0.244 e. The highest BCUT2D eigenvalue weighted by atomic mass is 79.9. The smallest absolute Gasteiger partial charge is 0.244 e. The Morgan fingerprint density at radius 3 is 1.48 bits per heavy atom. The minimum atomic E-state index is -0.784. The molecule has 48 heavy (non-hydrogen) atoms. The van der Waals surface area contributed by atoms with Crippen LogP contribution < -0.4 is 4.59 Å². The summed E-state index contributed by atoms with van der Waals surface area (Å²) in [4.78, 5) is 0. The first kappa shape index (κ1) is 29.9. The third-order valence-electron chi connectivity index (χ3n) is 9.56. The zero-order chi connectivity index (χ0) is 32.4. The zero-order valence-electron chi connectivity index (χ0n) is 26.5. The Labute approximate surface area is 290 Å². The monoisotopic (exact) mass is 684 g/mol. The van der Waals surface area contributed by atoms with Gasteiger partial charge in [0.25, 0.3) is 0 Å². The van der Waals surface area contributed by atoms with Crippen LogP contribution in [0.25, 0.3) is 22.6 Å². The van der Waals surface area contributed by atoms with E-state index in [2.05, 4.69) is 226 Å². The van der Waals surface area contributed by atoms with Crippen LogP contribution in [0.1, 0.15) is 27.8 Å². The van der Waals surface area contributed by atoms with Crippen LogP contribution >= 0.6 is 15.9 Å². The summed E-state index contributed by atoms with van der Waals surface area (Å²) in [7, 11) is 0. The Bertz CT molecular complexity index is 2090. The summed E-state index contributed by atoms with van der Waals surface area (Å²) in [6, 6.07) is 59.3. The molecule has 0 saturated heterocycles. The quantitative estimate of drug-likeness (QED) is 0.0813.